The van der Waals surface area contributed by atoms with Crippen molar-refractivity contribution in [1.82, 2.24) is 0 Å². The Balaban J connectivity index is 3.60. The SMILES string of the molecule is CC(COC(=O)Cl)OC(C)(C)C. The van der Waals surface area contributed by atoms with Gasteiger partial charge in [-0.3, -0.25) is 0 Å². The third kappa shape index (κ3) is 7.82. The summed E-state index contributed by atoms with van der Waals surface area (Å²) in [6, 6.07) is 0. The van der Waals surface area contributed by atoms with Gasteiger partial charge in [-0.05, 0) is 27.7 Å². The number of hydrogen-bond acceptors (Lipinski definition) is 3. The van der Waals surface area contributed by atoms with Crippen molar-refractivity contribution in [1.29, 1.82) is 0 Å². The summed E-state index contributed by atoms with van der Waals surface area (Å²) in [5.41, 5.74) is -1.02. The van der Waals surface area contributed by atoms with E-state index in [1.54, 1.807) is 0 Å². The van der Waals surface area contributed by atoms with Gasteiger partial charge in [-0.2, -0.15) is 0 Å². The number of hydrogen-bond donors (Lipinski definition) is 0. The van der Waals surface area contributed by atoms with Crippen LogP contribution >= 0.6 is 11.6 Å². The van der Waals surface area contributed by atoms with E-state index < -0.39 is 5.43 Å². The molecular weight excluding hydrogens is 180 g/mol. The first-order valence-corrected chi connectivity index (χ1v) is 4.19. The van der Waals surface area contributed by atoms with Crippen LogP contribution in [0.3, 0.4) is 0 Å². The van der Waals surface area contributed by atoms with Crippen molar-refractivity contribution < 1.29 is 14.3 Å². The number of halogens is 1. The Hall–Kier alpha value is -0.280. The smallest absolute Gasteiger partial charge is 0.403 e. The van der Waals surface area contributed by atoms with Crippen LogP contribution in [-0.2, 0) is 9.47 Å². The topological polar surface area (TPSA) is 35.5 Å². The van der Waals surface area contributed by atoms with Crippen LogP contribution < -0.4 is 0 Å². The summed E-state index contributed by atoms with van der Waals surface area (Å²) in [7, 11) is 0. The number of rotatable bonds is 3. The van der Waals surface area contributed by atoms with Crippen LogP contribution in [0.5, 0.6) is 0 Å². The molecule has 0 aliphatic rings. The molecule has 0 aliphatic carbocycles. The molecule has 1 atom stereocenters. The van der Waals surface area contributed by atoms with Gasteiger partial charge in [0, 0.05) is 11.6 Å². The molecule has 0 aromatic rings. The molecule has 0 N–H and O–H groups in total. The van der Waals surface area contributed by atoms with Crippen molar-refractivity contribution in [3.05, 3.63) is 0 Å². The first-order valence-electron chi connectivity index (χ1n) is 3.81. The Kier molecular flexibility index (Phi) is 4.57. The lowest BCUT2D eigenvalue weighted by molar-refractivity contribution is -0.0710. The van der Waals surface area contributed by atoms with Gasteiger partial charge in [-0.15, -0.1) is 0 Å². The zero-order valence-corrected chi connectivity index (χ0v) is 8.64. The zero-order valence-electron chi connectivity index (χ0n) is 7.89. The van der Waals surface area contributed by atoms with Gasteiger partial charge in [0.25, 0.3) is 0 Å². The normalized spacial score (nSPS) is 14.1. The summed E-state index contributed by atoms with van der Waals surface area (Å²) in [6.07, 6.45) is -0.132. The van der Waals surface area contributed by atoms with Gasteiger partial charge in [0.05, 0.1) is 11.7 Å². The molecule has 1 unspecified atom stereocenters. The van der Waals surface area contributed by atoms with Crippen molar-refractivity contribution >= 4 is 17.0 Å². The highest BCUT2D eigenvalue weighted by Crippen LogP contribution is 2.10. The molecule has 0 saturated carbocycles. The highest BCUT2D eigenvalue weighted by molar-refractivity contribution is 6.61. The second-order valence-corrected chi connectivity index (χ2v) is 3.90. The predicted octanol–water partition coefficient (Wildman–Crippen LogP) is 2.57. The fourth-order valence-corrected chi connectivity index (χ4v) is 0.883. The molecule has 0 bridgehead atoms. The predicted molar refractivity (Wildman–Crippen MR) is 47.5 cm³/mol. The van der Waals surface area contributed by atoms with E-state index in [2.05, 4.69) is 4.74 Å². The highest BCUT2D eigenvalue weighted by Gasteiger charge is 2.15. The average Bonchev–Trinajstić information content (AvgIpc) is 1.79. The third-order valence-electron chi connectivity index (χ3n) is 0.986. The Bertz CT molecular complexity index is 151. The van der Waals surface area contributed by atoms with E-state index in [1.807, 2.05) is 27.7 Å². The van der Waals surface area contributed by atoms with E-state index in [0.29, 0.717) is 0 Å². The first kappa shape index (κ1) is 11.7. The van der Waals surface area contributed by atoms with E-state index in [1.165, 1.54) is 0 Å². The maximum atomic E-state index is 10.2. The largest absolute Gasteiger partial charge is 0.451 e. The molecule has 0 amide bonds. The van der Waals surface area contributed by atoms with Crippen LogP contribution in [0.15, 0.2) is 0 Å². The summed E-state index contributed by atoms with van der Waals surface area (Å²) in [4.78, 5) is 10.2. The molecule has 4 heteroatoms. The van der Waals surface area contributed by atoms with Gasteiger partial charge in [0.1, 0.15) is 6.61 Å². The van der Waals surface area contributed by atoms with Gasteiger partial charge in [0.15, 0.2) is 0 Å². The molecular formula is C8H15ClO3. The van der Waals surface area contributed by atoms with Gasteiger partial charge < -0.3 is 9.47 Å². The molecule has 0 spiro atoms. The minimum Gasteiger partial charge on any atom is -0.451 e. The molecule has 12 heavy (non-hydrogen) atoms. The molecule has 0 rings (SSSR count). The molecule has 0 fully saturated rings. The minimum atomic E-state index is -0.792. The minimum absolute atomic E-state index is 0.132. The number of carbonyl (C=O) groups is 1. The van der Waals surface area contributed by atoms with E-state index in [-0.39, 0.29) is 18.3 Å². The first-order chi connectivity index (χ1) is 5.31. The van der Waals surface area contributed by atoms with Crippen molar-refractivity contribution in [2.45, 2.75) is 39.4 Å². The summed E-state index contributed by atoms with van der Waals surface area (Å²) in [5, 5.41) is 0. The molecule has 0 aliphatic heterocycles. The zero-order chi connectivity index (χ0) is 9.78. The summed E-state index contributed by atoms with van der Waals surface area (Å²) in [6.45, 7) is 7.83. The van der Waals surface area contributed by atoms with E-state index in [4.69, 9.17) is 16.3 Å². The molecule has 0 saturated heterocycles. The number of ether oxygens (including phenoxy) is 2. The lowest BCUT2D eigenvalue weighted by Gasteiger charge is -2.24. The molecule has 72 valence electrons. The van der Waals surface area contributed by atoms with Gasteiger partial charge in [0.2, 0.25) is 0 Å². The quantitative estimate of drug-likeness (QED) is 0.648. The monoisotopic (exact) mass is 194 g/mol. The Morgan fingerprint density at radius 3 is 2.33 bits per heavy atom. The van der Waals surface area contributed by atoms with Gasteiger partial charge in [-0.1, -0.05) is 0 Å². The molecule has 0 heterocycles. The van der Waals surface area contributed by atoms with Crippen LogP contribution in [0, 0.1) is 0 Å². The standard InChI is InChI=1S/C8H15ClO3/c1-6(5-11-7(9)10)12-8(2,3)4/h6H,5H2,1-4H3. The van der Waals surface area contributed by atoms with Crippen molar-refractivity contribution in [3.8, 4) is 0 Å². The Morgan fingerprint density at radius 2 is 2.00 bits per heavy atom. The molecule has 0 aromatic heterocycles. The fourth-order valence-electron chi connectivity index (χ4n) is 0.820. The van der Waals surface area contributed by atoms with E-state index in [0.717, 1.165) is 0 Å². The van der Waals surface area contributed by atoms with Crippen LogP contribution in [0.2, 0.25) is 0 Å². The van der Waals surface area contributed by atoms with Gasteiger partial charge >= 0.3 is 5.43 Å². The maximum Gasteiger partial charge on any atom is 0.403 e. The molecule has 0 aromatic carbocycles. The molecule has 0 radical (unpaired) electrons. The lowest BCUT2D eigenvalue weighted by atomic mass is 10.2. The summed E-state index contributed by atoms with van der Waals surface area (Å²) in [5.74, 6) is 0. The van der Waals surface area contributed by atoms with Crippen LogP contribution in [-0.4, -0.2) is 23.7 Å². The maximum absolute atomic E-state index is 10.2. The van der Waals surface area contributed by atoms with Crippen LogP contribution in [0.1, 0.15) is 27.7 Å². The average molecular weight is 195 g/mol. The fraction of sp³-hybridized carbons (Fsp3) is 0.875. The van der Waals surface area contributed by atoms with E-state index >= 15 is 0 Å². The Labute approximate surface area is 78.0 Å². The second kappa shape index (κ2) is 4.67. The third-order valence-corrected chi connectivity index (χ3v) is 1.10. The van der Waals surface area contributed by atoms with Gasteiger partial charge in [-0.25, -0.2) is 4.79 Å². The van der Waals surface area contributed by atoms with Crippen molar-refractivity contribution in [2.75, 3.05) is 6.61 Å². The highest BCUT2D eigenvalue weighted by atomic mass is 35.5. The summed E-state index contributed by atoms with van der Waals surface area (Å²) >= 11 is 4.98. The van der Waals surface area contributed by atoms with Crippen molar-refractivity contribution in [3.63, 3.8) is 0 Å². The lowest BCUT2D eigenvalue weighted by Crippen LogP contribution is -2.28. The van der Waals surface area contributed by atoms with E-state index in [9.17, 15) is 4.79 Å². The molecule has 3 nitrogen and oxygen atoms in total. The number of carbonyl (C=O) groups excluding carboxylic acids is 1. The second-order valence-electron chi connectivity index (χ2n) is 3.59. The van der Waals surface area contributed by atoms with Crippen LogP contribution in [0.25, 0.3) is 0 Å². The van der Waals surface area contributed by atoms with Crippen LogP contribution in [0.4, 0.5) is 4.79 Å². The Morgan fingerprint density at radius 1 is 1.50 bits per heavy atom. The summed E-state index contributed by atoms with van der Waals surface area (Å²) < 4.78 is 10.0. The van der Waals surface area contributed by atoms with Crippen molar-refractivity contribution in [2.24, 2.45) is 0 Å².